The summed E-state index contributed by atoms with van der Waals surface area (Å²) in [6.45, 7) is 2.27. The van der Waals surface area contributed by atoms with E-state index in [4.69, 9.17) is 0 Å². The maximum Gasteiger partial charge on any atom is 0.389 e. The van der Waals surface area contributed by atoms with Crippen LogP contribution in [0, 0.1) is 11.6 Å². The Morgan fingerprint density at radius 3 is 2.26 bits per heavy atom. The van der Waals surface area contributed by atoms with Crippen LogP contribution in [-0.2, 0) is 0 Å². The molecule has 23 heavy (non-hydrogen) atoms. The summed E-state index contributed by atoms with van der Waals surface area (Å²) in [6, 6.07) is 2.17. The molecule has 0 aliphatic carbocycles. The van der Waals surface area contributed by atoms with E-state index in [9.17, 15) is 22.0 Å². The summed E-state index contributed by atoms with van der Waals surface area (Å²) in [5.74, 6) is -1.30. The monoisotopic (exact) mass is 380 g/mol. The number of hydrogen-bond donors (Lipinski definition) is 1. The van der Waals surface area contributed by atoms with Crippen LogP contribution in [0.2, 0.25) is 0 Å². The minimum absolute atomic E-state index is 0. The highest BCUT2D eigenvalue weighted by atomic mass is 35.5. The maximum atomic E-state index is 13.9. The van der Waals surface area contributed by atoms with Gasteiger partial charge in [0.2, 0.25) is 0 Å². The van der Waals surface area contributed by atoms with Gasteiger partial charge in [-0.05, 0) is 24.6 Å². The van der Waals surface area contributed by atoms with Gasteiger partial charge in [-0.25, -0.2) is 8.78 Å². The van der Waals surface area contributed by atoms with Crippen LogP contribution in [-0.4, -0.2) is 37.3 Å². The van der Waals surface area contributed by atoms with Crippen molar-refractivity contribution in [3.63, 3.8) is 0 Å². The SMILES string of the molecule is Cl.Cl.Fc1ccc(F)c([C@@H](CCC(F)(F)F)N2CCNCC2)c1. The van der Waals surface area contributed by atoms with Gasteiger partial charge in [0.15, 0.2) is 0 Å². The van der Waals surface area contributed by atoms with Crippen molar-refractivity contribution in [2.75, 3.05) is 26.2 Å². The maximum absolute atomic E-state index is 13.9. The summed E-state index contributed by atoms with van der Waals surface area (Å²) in [5, 5.41) is 3.09. The van der Waals surface area contributed by atoms with Crippen molar-refractivity contribution in [1.82, 2.24) is 10.2 Å². The van der Waals surface area contributed by atoms with Crippen LogP contribution in [0.4, 0.5) is 22.0 Å². The molecule has 1 aromatic rings. The Hall–Kier alpha value is -0.630. The van der Waals surface area contributed by atoms with E-state index >= 15 is 0 Å². The first kappa shape index (κ1) is 22.4. The average molecular weight is 381 g/mol. The van der Waals surface area contributed by atoms with Gasteiger partial charge in [0.25, 0.3) is 0 Å². The molecular formula is C14H19Cl2F5N2. The molecule has 0 saturated carbocycles. The lowest BCUT2D eigenvalue weighted by Crippen LogP contribution is -2.45. The fourth-order valence-corrected chi connectivity index (χ4v) is 2.60. The highest BCUT2D eigenvalue weighted by Gasteiger charge is 2.32. The molecule has 0 aromatic heterocycles. The van der Waals surface area contributed by atoms with Gasteiger partial charge in [-0.1, -0.05) is 0 Å². The molecule has 0 bridgehead atoms. The van der Waals surface area contributed by atoms with E-state index in [2.05, 4.69) is 5.32 Å². The summed E-state index contributed by atoms with van der Waals surface area (Å²) < 4.78 is 64.7. The van der Waals surface area contributed by atoms with Crippen LogP contribution in [0.15, 0.2) is 18.2 Å². The predicted octanol–water partition coefficient (Wildman–Crippen LogP) is 4.10. The molecule has 1 atom stereocenters. The number of alkyl halides is 3. The molecule has 1 aliphatic heterocycles. The van der Waals surface area contributed by atoms with Gasteiger partial charge in [0.05, 0.1) is 0 Å². The van der Waals surface area contributed by atoms with Crippen molar-refractivity contribution in [2.24, 2.45) is 0 Å². The lowest BCUT2D eigenvalue weighted by Gasteiger charge is -2.35. The Labute approximate surface area is 144 Å². The Kier molecular flexibility index (Phi) is 9.35. The average Bonchev–Trinajstić information content (AvgIpc) is 2.43. The normalized spacial score (nSPS) is 17.1. The van der Waals surface area contributed by atoms with E-state index in [0.29, 0.717) is 26.2 Å². The molecule has 2 rings (SSSR count). The van der Waals surface area contributed by atoms with Crippen molar-refractivity contribution in [1.29, 1.82) is 0 Å². The van der Waals surface area contributed by atoms with Crippen LogP contribution in [0.1, 0.15) is 24.4 Å². The molecule has 9 heteroatoms. The molecule has 0 spiro atoms. The summed E-state index contributed by atoms with van der Waals surface area (Å²) >= 11 is 0. The number of hydrogen-bond acceptors (Lipinski definition) is 2. The molecule has 1 aromatic carbocycles. The molecule has 0 amide bonds. The molecule has 0 radical (unpaired) electrons. The van der Waals surface area contributed by atoms with Crippen molar-refractivity contribution in [3.8, 4) is 0 Å². The van der Waals surface area contributed by atoms with Gasteiger partial charge in [-0.15, -0.1) is 24.8 Å². The third-order valence-electron chi connectivity index (χ3n) is 3.61. The van der Waals surface area contributed by atoms with Gasteiger partial charge in [0, 0.05) is 44.2 Å². The summed E-state index contributed by atoms with van der Waals surface area (Å²) in [6.07, 6.45) is -5.60. The number of benzene rings is 1. The molecule has 1 fully saturated rings. The largest absolute Gasteiger partial charge is 0.389 e. The second-order valence-electron chi connectivity index (χ2n) is 5.12. The standard InChI is InChI=1S/C14H17F5N2.2ClH/c15-10-1-2-12(16)11(9-10)13(3-4-14(17,18)19)21-7-5-20-6-8-21;;/h1-2,9,13,20H,3-8H2;2*1H/t13-;;/m1../s1. The Balaban J connectivity index is 0.00000242. The van der Waals surface area contributed by atoms with Crippen molar-refractivity contribution in [2.45, 2.75) is 25.1 Å². The third kappa shape index (κ3) is 6.79. The molecule has 1 N–H and O–H groups in total. The fourth-order valence-electron chi connectivity index (χ4n) is 2.60. The first-order valence-corrected chi connectivity index (χ1v) is 6.83. The smallest absolute Gasteiger partial charge is 0.314 e. The van der Waals surface area contributed by atoms with E-state index in [1.165, 1.54) is 0 Å². The fraction of sp³-hybridized carbons (Fsp3) is 0.571. The van der Waals surface area contributed by atoms with Gasteiger partial charge in [-0.2, -0.15) is 13.2 Å². The molecule has 1 saturated heterocycles. The Morgan fingerprint density at radius 1 is 1.09 bits per heavy atom. The quantitative estimate of drug-likeness (QED) is 0.791. The van der Waals surface area contributed by atoms with E-state index in [0.717, 1.165) is 18.2 Å². The Bertz CT molecular complexity index is 479. The second-order valence-corrected chi connectivity index (χ2v) is 5.12. The zero-order valence-electron chi connectivity index (χ0n) is 12.2. The summed E-state index contributed by atoms with van der Waals surface area (Å²) in [4.78, 5) is 1.78. The molecular weight excluding hydrogens is 362 g/mol. The third-order valence-corrected chi connectivity index (χ3v) is 3.61. The molecule has 1 heterocycles. The van der Waals surface area contributed by atoms with Gasteiger partial charge < -0.3 is 5.32 Å². The number of halogens is 7. The highest BCUT2D eigenvalue weighted by Crippen LogP contribution is 2.33. The molecule has 0 unspecified atom stereocenters. The number of rotatable bonds is 4. The van der Waals surface area contributed by atoms with Crippen LogP contribution < -0.4 is 5.32 Å². The first-order chi connectivity index (χ1) is 9.87. The molecule has 134 valence electrons. The first-order valence-electron chi connectivity index (χ1n) is 6.83. The zero-order valence-corrected chi connectivity index (χ0v) is 13.8. The number of nitrogens with zero attached hydrogens (tertiary/aromatic N) is 1. The predicted molar refractivity (Wildman–Crippen MR) is 83.3 cm³/mol. The Morgan fingerprint density at radius 2 is 1.70 bits per heavy atom. The number of nitrogens with one attached hydrogen (secondary N) is 1. The lowest BCUT2D eigenvalue weighted by atomic mass is 9.98. The topological polar surface area (TPSA) is 15.3 Å². The van der Waals surface area contributed by atoms with Crippen LogP contribution in [0.5, 0.6) is 0 Å². The zero-order chi connectivity index (χ0) is 15.5. The van der Waals surface area contributed by atoms with Crippen molar-refractivity contribution < 1.29 is 22.0 Å². The highest BCUT2D eigenvalue weighted by molar-refractivity contribution is 5.85. The van der Waals surface area contributed by atoms with Crippen LogP contribution in [0.25, 0.3) is 0 Å². The minimum atomic E-state index is -4.31. The van der Waals surface area contributed by atoms with Gasteiger partial charge in [0.1, 0.15) is 11.6 Å². The second kappa shape index (κ2) is 9.61. The van der Waals surface area contributed by atoms with Gasteiger partial charge in [-0.3, -0.25) is 4.90 Å². The van der Waals surface area contributed by atoms with E-state index in [-0.39, 0.29) is 36.8 Å². The lowest BCUT2D eigenvalue weighted by molar-refractivity contribution is -0.138. The van der Waals surface area contributed by atoms with Crippen LogP contribution >= 0.6 is 24.8 Å². The van der Waals surface area contributed by atoms with Crippen molar-refractivity contribution >= 4 is 24.8 Å². The number of piperazine rings is 1. The van der Waals surface area contributed by atoms with Gasteiger partial charge >= 0.3 is 6.18 Å². The summed E-state index contributed by atoms with van der Waals surface area (Å²) in [7, 11) is 0. The van der Waals surface area contributed by atoms with E-state index in [1.807, 2.05) is 0 Å². The summed E-state index contributed by atoms with van der Waals surface area (Å²) in [5.41, 5.74) is 0.00106. The van der Waals surface area contributed by atoms with Crippen LogP contribution in [0.3, 0.4) is 0 Å². The van der Waals surface area contributed by atoms with E-state index in [1.54, 1.807) is 4.90 Å². The molecule has 2 nitrogen and oxygen atoms in total. The minimum Gasteiger partial charge on any atom is -0.314 e. The molecule has 1 aliphatic rings. The van der Waals surface area contributed by atoms with E-state index < -0.39 is 30.3 Å². The van der Waals surface area contributed by atoms with Crippen molar-refractivity contribution in [3.05, 3.63) is 35.4 Å².